The lowest BCUT2D eigenvalue weighted by atomic mass is 10.2. The zero-order valence-electron chi connectivity index (χ0n) is 13.0. The van der Waals surface area contributed by atoms with Crippen molar-refractivity contribution in [2.45, 2.75) is 5.16 Å². The minimum atomic E-state index is -0.189. The van der Waals surface area contributed by atoms with E-state index < -0.39 is 0 Å². The van der Waals surface area contributed by atoms with E-state index in [0.717, 1.165) is 5.56 Å². The molecule has 0 bridgehead atoms. The molecule has 0 unspecified atom stereocenters. The highest BCUT2D eigenvalue weighted by Gasteiger charge is 2.07. The Hall–Kier alpha value is -2.64. The Kier molecular flexibility index (Phi) is 5.81. The van der Waals surface area contributed by atoms with E-state index in [2.05, 4.69) is 25.5 Å². The molecular weight excluding hydrogens is 358 g/mol. The normalized spacial score (nSPS) is 10.9. The molecule has 0 aliphatic heterocycles. The van der Waals surface area contributed by atoms with Gasteiger partial charge in [-0.1, -0.05) is 59.8 Å². The van der Waals surface area contributed by atoms with E-state index in [1.807, 2.05) is 42.5 Å². The molecule has 0 atom stereocenters. The lowest BCUT2D eigenvalue weighted by Crippen LogP contribution is -2.14. The van der Waals surface area contributed by atoms with Crippen LogP contribution in [0.1, 0.15) is 11.4 Å². The van der Waals surface area contributed by atoms with Gasteiger partial charge in [0.25, 0.3) is 0 Å². The number of pyridine rings is 1. The van der Waals surface area contributed by atoms with Crippen LogP contribution in [0.15, 0.2) is 53.8 Å². The molecule has 0 spiro atoms. The number of hydrogen-bond donors (Lipinski definition) is 2. The maximum atomic E-state index is 11.9. The lowest BCUT2D eigenvalue weighted by Gasteiger charge is -2.02. The Morgan fingerprint density at radius 2 is 2.04 bits per heavy atom. The number of carbonyl (C=O) groups excluding carboxylic acids is 1. The van der Waals surface area contributed by atoms with Gasteiger partial charge in [0.1, 0.15) is 11.6 Å². The smallest absolute Gasteiger partial charge is 0.236 e. The molecule has 0 aliphatic carbocycles. The van der Waals surface area contributed by atoms with Crippen LogP contribution < -0.4 is 5.32 Å². The average molecular weight is 372 g/mol. The molecule has 0 fully saturated rings. The molecule has 0 radical (unpaired) electrons. The van der Waals surface area contributed by atoms with Crippen molar-refractivity contribution in [3.63, 3.8) is 0 Å². The third-order valence-corrected chi connectivity index (χ3v) is 4.11. The maximum absolute atomic E-state index is 11.9. The molecule has 8 heteroatoms. The predicted octanol–water partition coefficient (Wildman–Crippen LogP) is 3.75. The van der Waals surface area contributed by atoms with Crippen LogP contribution >= 0.6 is 23.4 Å². The zero-order valence-corrected chi connectivity index (χ0v) is 14.6. The first kappa shape index (κ1) is 17.2. The summed E-state index contributed by atoms with van der Waals surface area (Å²) in [6.45, 7) is 0. The highest BCUT2D eigenvalue weighted by atomic mass is 35.5. The van der Waals surface area contributed by atoms with E-state index in [1.54, 1.807) is 12.1 Å². The number of benzene rings is 1. The summed E-state index contributed by atoms with van der Waals surface area (Å²) < 4.78 is 0. The minimum Gasteiger partial charge on any atom is -0.310 e. The van der Waals surface area contributed by atoms with E-state index in [9.17, 15) is 4.79 Å². The summed E-state index contributed by atoms with van der Waals surface area (Å²) in [5.74, 6) is 1.08. The molecule has 1 aromatic carbocycles. The number of nitrogens with zero attached hydrogens (tertiary/aromatic N) is 3. The van der Waals surface area contributed by atoms with Gasteiger partial charge in [-0.2, -0.15) is 0 Å². The quantitative estimate of drug-likeness (QED) is 0.644. The van der Waals surface area contributed by atoms with Gasteiger partial charge in [-0.05, 0) is 23.8 Å². The van der Waals surface area contributed by atoms with Crippen LogP contribution in [0.3, 0.4) is 0 Å². The van der Waals surface area contributed by atoms with Gasteiger partial charge in [0.15, 0.2) is 0 Å². The summed E-state index contributed by atoms with van der Waals surface area (Å²) in [7, 11) is 0. The standard InChI is InChI=1S/C17H14ClN5OS/c18-13-7-9-14(19-10-13)20-16(24)11-25-17-21-15(22-23-17)8-6-12-4-2-1-3-5-12/h1-10H,11H2,(H,19,20,24)(H,21,22,23)/b8-6+. The first-order valence-electron chi connectivity index (χ1n) is 7.39. The first-order chi connectivity index (χ1) is 12.2. The number of carbonyl (C=O) groups is 1. The van der Waals surface area contributed by atoms with Crippen molar-refractivity contribution in [3.8, 4) is 0 Å². The molecule has 3 rings (SSSR count). The Bertz CT molecular complexity index is 864. The fraction of sp³-hybridized carbons (Fsp3) is 0.0588. The summed E-state index contributed by atoms with van der Waals surface area (Å²) in [6, 6.07) is 13.2. The van der Waals surface area contributed by atoms with Gasteiger partial charge in [-0.25, -0.2) is 9.97 Å². The van der Waals surface area contributed by atoms with E-state index in [0.29, 0.717) is 21.8 Å². The van der Waals surface area contributed by atoms with E-state index in [4.69, 9.17) is 11.6 Å². The number of halogens is 1. The second-order valence-corrected chi connectivity index (χ2v) is 6.32. The van der Waals surface area contributed by atoms with Gasteiger partial charge in [-0.15, -0.1) is 5.10 Å². The molecule has 126 valence electrons. The van der Waals surface area contributed by atoms with E-state index >= 15 is 0 Å². The second kappa shape index (κ2) is 8.46. The Morgan fingerprint density at radius 3 is 2.80 bits per heavy atom. The first-order valence-corrected chi connectivity index (χ1v) is 8.75. The molecule has 2 aromatic heterocycles. The number of amides is 1. The predicted molar refractivity (Wildman–Crippen MR) is 100 cm³/mol. The van der Waals surface area contributed by atoms with Crippen LogP contribution in [0.25, 0.3) is 12.2 Å². The topological polar surface area (TPSA) is 83.6 Å². The molecule has 1 amide bonds. The van der Waals surface area contributed by atoms with Crippen molar-refractivity contribution in [2.75, 3.05) is 11.1 Å². The largest absolute Gasteiger partial charge is 0.310 e. The number of rotatable bonds is 6. The van der Waals surface area contributed by atoms with Crippen LogP contribution in [0, 0.1) is 0 Å². The monoisotopic (exact) mass is 371 g/mol. The minimum absolute atomic E-state index is 0.185. The molecule has 6 nitrogen and oxygen atoms in total. The van der Waals surface area contributed by atoms with Crippen molar-refractivity contribution >= 4 is 47.2 Å². The number of nitrogens with one attached hydrogen (secondary N) is 2. The maximum Gasteiger partial charge on any atom is 0.236 e. The number of hydrogen-bond acceptors (Lipinski definition) is 5. The van der Waals surface area contributed by atoms with Crippen molar-refractivity contribution in [1.82, 2.24) is 20.2 Å². The lowest BCUT2D eigenvalue weighted by molar-refractivity contribution is -0.113. The average Bonchev–Trinajstić information content (AvgIpc) is 3.09. The van der Waals surface area contributed by atoms with Crippen molar-refractivity contribution in [3.05, 3.63) is 65.1 Å². The Labute approximate surface area is 153 Å². The van der Waals surface area contributed by atoms with Gasteiger partial charge in [0, 0.05) is 6.20 Å². The van der Waals surface area contributed by atoms with Gasteiger partial charge in [0.05, 0.1) is 10.8 Å². The Balaban J connectivity index is 1.50. The van der Waals surface area contributed by atoms with Crippen LogP contribution in [-0.4, -0.2) is 31.8 Å². The molecule has 0 saturated heterocycles. The number of aromatic nitrogens is 4. The van der Waals surface area contributed by atoms with Crippen molar-refractivity contribution in [1.29, 1.82) is 0 Å². The number of anilines is 1. The zero-order chi connectivity index (χ0) is 17.5. The number of H-pyrrole nitrogens is 1. The van der Waals surface area contributed by atoms with Crippen LogP contribution in [-0.2, 0) is 4.79 Å². The fourth-order valence-corrected chi connectivity index (χ4v) is 2.61. The molecule has 25 heavy (non-hydrogen) atoms. The molecule has 3 aromatic rings. The fourth-order valence-electron chi connectivity index (χ4n) is 1.90. The molecule has 0 saturated carbocycles. The van der Waals surface area contributed by atoms with Gasteiger partial charge >= 0.3 is 0 Å². The van der Waals surface area contributed by atoms with Gasteiger partial charge in [-0.3, -0.25) is 9.89 Å². The summed E-state index contributed by atoms with van der Waals surface area (Å²) in [5, 5.41) is 10.6. The van der Waals surface area contributed by atoms with Crippen LogP contribution in [0.2, 0.25) is 5.02 Å². The highest BCUT2D eigenvalue weighted by Crippen LogP contribution is 2.15. The van der Waals surface area contributed by atoms with Gasteiger partial charge in [0.2, 0.25) is 11.1 Å². The molecule has 0 aliphatic rings. The van der Waals surface area contributed by atoms with E-state index in [1.165, 1.54) is 18.0 Å². The SMILES string of the molecule is O=C(CSc1n[nH]c(/C=C/c2ccccc2)n1)Nc1ccc(Cl)cn1. The summed E-state index contributed by atoms with van der Waals surface area (Å²) >= 11 is 6.99. The number of thioether (sulfide) groups is 1. The van der Waals surface area contributed by atoms with Crippen LogP contribution in [0.5, 0.6) is 0 Å². The second-order valence-electron chi connectivity index (χ2n) is 4.95. The summed E-state index contributed by atoms with van der Waals surface area (Å²) in [5.41, 5.74) is 1.07. The third kappa shape index (κ3) is 5.44. The van der Waals surface area contributed by atoms with Crippen molar-refractivity contribution < 1.29 is 4.79 Å². The van der Waals surface area contributed by atoms with Crippen molar-refractivity contribution in [2.24, 2.45) is 0 Å². The highest BCUT2D eigenvalue weighted by molar-refractivity contribution is 7.99. The van der Waals surface area contributed by atoms with E-state index in [-0.39, 0.29) is 11.7 Å². The van der Waals surface area contributed by atoms with Crippen LogP contribution in [0.4, 0.5) is 5.82 Å². The molecular formula is C17H14ClN5OS. The summed E-state index contributed by atoms with van der Waals surface area (Å²) in [6.07, 6.45) is 5.25. The third-order valence-electron chi connectivity index (χ3n) is 3.04. The molecule has 2 N–H and O–H groups in total. The van der Waals surface area contributed by atoms with Gasteiger partial charge < -0.3 is 5.32 Å². The molecule has 2 heterocycles. The number of aromatic amines is 1. The Morgan fingerprint density at radius 1 is 1.20 bits per heavy atom. The summed E-state index contributed by atoms with van der Waals surface area (Å²) in [4.78, 5) is 20.2.